The van der Waals surface area contributed by atoms with E-state index in [0.29, 0.717) is 17.0 Å². The van der Waals surface area contributed by atoms with E-state index in [1.54, 1.807) is 13.3 Å². The highest BCUT2D eigenvalue weighted by atomic mass is 16.5. The van der Waals surface area contributed by atoms with Gasteiger partial charge in [0.25, 0.3) is 0 Å². The van der Waals surface area contributed by atoms with Crippen molar-refractivity contribution >= 4 is 23.5 Å². The summed E-state index contributed by atoms with van der Waals surface area (Å²) in [4.78, 5) is 12.3. The van der Waals surface area contributed by atoms with Gasteiger partial charge < -0.3 is 10.1 Å². The Labute approximate surface area is 142 Å². The molecule has 126 valence electrons. The molecule has 2 aromatic carbocycles. The van der Waals surface area contributed by atoms with Crippen LogP contribution in [-0.4, -0.2) is 19.2 Å². The molecule has 0 fully saturated rings. The molecule has 0 unspecified atom stereocenters. The van der Waals surface area contributed by atoms with Gasteiger partial charge in [-0.25, -0.2) is 0 Å². The number of ether oxygens (including phenoxy) is 1. The van der Waals surface area contributed by atoms with E-state index < -0.39 is 5.41 Å². The summed E-state index contributed by atoms with van der Waals surface area (Å²) in [6.45, 7) is 5.60. The molecule has 0 saturated heterocycles. The number of methoxy groups -OCH3 is 1. The van der Waals surface area contributed by atoms with E-state index >= 15 is 0 Å². The van der Waals surface area contributed by atoms with Crippen molar-refractivity contribution in [3.8, 4) is 5.75 Å². The number of carbonyl (C=O) groups excluding carboxylic acids is 1. The molecular weight excluding hydrogens is 302 g/mol. The number of benzene rings is 2. The number of amides is 1. The van der Waals surface area contributed by atoms with Gasteiger partial charge in [-0.05, 0) is 24.3 Å². The van der Waals surface area contributed by atoms with Crippen LogP contribution >= 0.6 is 0 Å². The summed E-state index contributed by atoms with van der Waals surface area (Å²) in [5.41, 5.74) is 4.72. The fourth-order valence-corrected chi connectivity index (χ4v) is 1.96. The van der Waals surface area contributed by atoms with Crippen LogP contribution < -0.4 is 15.5 Å². The van der Waals surface area contributed by atoms with Crippen LogP contribution in [0.1, 0.15) is 26.3 Å². The normalized spacial score (nSPS) is 11.3. The van der Waals surface area contributed by atoms with Crippen molar-refractivity contribution in [2.24, 2.45) is 10.5 Å². The van der Waals surface area contributed by atoms with Crippen molar-refractivity contribution in [1.82, 2.24) is 0 Å². The molecule has 2 rings (SSSR count). The van der Waals surface area contributed by atoms with Gasteiger partial charge in [0.1, 0.15) is 5.75 Å². The molecule has 0 bridgehead atoms. The van der Waals surface area contributed by atoms with Gasteiger partial charge in [-0.1, -0.05) is 45.0 Å². The van der Waals surface area contributed by atoms with Crippen LogP contribution in [0.25, 0.3) is 0 Å². The van der Waals surface area contributed by atoms with Crippen molar-refractivity contribution in [3.05, 3.63) is 54.1 Å². The second-order valence-corrected chi connectivity index (χ2v) is 6.36. The Kier molecular flexibility index (Phi) is 5.58. The van der Waals surface area contributed by atoms with Crippen LogP contribution in [0.3, 0.4) is 0 Å². The third-order valence-electron chi connectivity index (χ3n) is 3.38. The third-order valence-corrected chi connectivity index (χ3v) is 3.38. The zero-order chi connectivity index (χ0) is 17.6. The molecule has 2 N–H and O–H groups in total. The van der Waals surface area contributed by atoms with E-state index in [9.17, 15) is 4.79 Å². The Morgan fingerprint density at radius 1 is 1.08 bits per heavy atom. The summed E-state index contributed by atoms with van der Waals surface area (Å²) < 4.78 is 5.39. The predicted octanol–water partition coefficient (Wildman–Crippen LogP) is 4.13. The number of hydrazone groups is 1. The minimum absolute atomic E-state index is 0.0681. The fourth-order valence-electron chi connectivity index (χ4n) is 1.96. The topological polar surface area (TPSA) is 62.7 Å². The molecule has 0 aliphatic heterocycles. The van der Waals surface area contributed by atoms with E-state index in [0.717, 1.165) is 5.69 Å². The standard InChI is InChI=1S/C19H23N3O2/c1-19(2,3)18(23)21-16-11-8-12-17(24-4)15(16)13-20-22-14-9-6-5-7-10-14/h5-13,22H,1-4H3,(H,21,23). The van der Waals surface area contributed by atoms with Gasteiger partial charge in [-0.2, -0.15) is 5.10 Å². The highest BCUT2D eigenvalue weighted by Crippen LogP contribution is 2.26. The van der Waals surface area contributed by atoms with Crippen molar-refractivity contribution in [2.45, 2.75) is 20.8 Å². The van der Waals surface area contributed by atoms with Gasteiger partial charge in [0.15, 0.2) is 0 Å². The van der Waals surface area contributed by atoms with Gasteiger partial charge in [0.05, 0.1) is 30.3 Å². The lowest BCUT2D eigenvalue weighted by molar-refractivity contribution is -0.123. The number of hydrogen-bond acceptors (Lipinski definition) is 4. The lowest BCUT2D eigenvalue weighted by atomic mass is 9.95. The minimum atomic E-state index is -0.486. The van der Waals surface area contributed by atoms with E-state index in [1.807, 2.05) is 69.3 Å². The zero-order valence-corrected chi connectivity index (χ0v) is 14.5. The second-order valence-electron chi connectivity index (χ2n) is 6.36. The molecule has 0 aliphatic carbocycles. The van der Waals surface area contributed by atoms with Crippen LogP contribution in [0.5, 0.6) is 5.75 Å². The van der Waals surface area contributed by atoms with Crippen molar-refractivity contribution in [3.63, 3.8) is 0 Å². The van der Waals surface area contributed by atoms with Crippen molar-refractivity contribution in [2.75, 3.05) is 17.9 Å². The molecule has 0 atom stereocenters. The third kappa shape index (κ3) is 4.59. The fraction of sp³-hybridized carbons (Fsp3) is 0.263. The first-order valence-corrected chi connectivity index (χ1v) is 7.74. The van der Waals surface area contributed by atoms with Crippen LogP contribution in [-0.2, 0) is 4.79 Å². The Balaban J connectivity index is 2.25. The molecule has 0 aromatic heterocycles. The van der Waals surface area contributed by atoms with Crippen LogP contribution in [0.15, 0.2) is 53.6 Å². The van der Waals surface area contributed by atoms with Gasteiger partial charge in [-0.15, -0.1) is 0 Å². The van der Waals surface area contributed by atoms with E-state index in [2.05, 4.69) is 15.8 Å². The molecular formula is C19H23N3O2. The van der Waals surface area contributed by atoms with Gasteiger partial charge in [0.2, 0.25) is 5.91 Å². The number of hydrogen-bond donors (Lipinski definition) is 2. The molecule has 1 amide bonds. The molecule has 0 spiro atoms. The maximum Gasteiger partial charge on any atom is 0.229 e. The average Bonchev–Trinajstić information content (AvgIpc) is 2.56. The SMILES string of the molecule is COc1cccc(NC(=O)C(C)(C)C)c1C=NNc1ccccc1. The highest BCUT2D eigenvalue weighted by Gasteiger charge is 2.22. The molecule has 0 saturated carbocycles. The van der Waals surface area contributed by atoms with E-state index in [-0.39, 0.29) is 5.91 Å². The lowest BCUT2D eigenvalue weighted by Gasteiger charge is -2.19. The summed E-state index contributed by atoms with van der Waals surface area (Å²) in [6.07, 6.45) is 1.64. The Hall–Kier alpha value is -2.82. The molecule has 0 radical (unpaired) electrons. The number of carbonyl (C=O) groups is 1. The summed E-state index contributed by atoms with van der Waals surface area (Å²) in [5, 5.41) is 7.18. The molecule has 0 aliphatic rings. The summed E-state index contributed by atoms with van der Waals surface area (Å²) in [7, 11) is 1.59. The zero-order valence-electron chi connectivity index (χ0n) is 14.5. The summed E-state index contributed by atoms with van der Waals surface area (Å²) in [6, 6.07) is 15.1. The Bertz CT molecular complexity index is 719. The monoisotopic (exact) mass is 325 g/mol. The molecule has 5 heteroatoms. The number of para-hydroxylation sites is 1. The quantitative estimate of drug-likeness (QED) is 0.642. The average molecular weight is 325 g/mol. The summed E-state index contributed by atoms with van der Waals surface area (Å²) in [5.74, 6) is 0.571. The molecule has 2 aromatic rings. The molecule has 24 heavy (non-hydrogen) atoms. The smallest absolute Gasteiger partial charge is 0.229 e. The Morgan fingerprint density at radius 2 is 1.79 bits per heavy atom. The minimum Gasteiger partial charge on any atom is -0.496 e. The van der Waals surface area contributed by atoms with Crippen LogP contribution in [0.4, 0.5) is 11.4 Å². The highest BCUT2D eigenvalue weighted by molar-refractivity contribution is 6.01. The Morgan fingerprint density at radius 3 is 2.42 bits per heavy atom. The number of nitrogens with one attached hydrogen (secondary N) is 2. The number of nitrogens with zero attached hydrogens (tertiary/aromatic N) is 1. The maximum absolute atomic E-state index is 12.3. The van der Waals surface area contributed by atoms with Crippen molar-refractivity contribution < 1.29 is 9.53 Å². The van der Waals surface area contributed by atoms with E-state index in [1.165, 1.54) is 0 Å². The lowest BCUT2D eigenvalue weighted by Crippen LogP contribution is -2.28. The van der Waals surface area contributed by atoms with Gasteiger partial charge in [-0.3, -0.25) is 10.2 Å². The number of rotatable bonds is 5. The largest absolute Gasteiger partial charge is 0.496 e. The van der Waals surface area contributed by atoms with Gasteiger partial charge in [0, 0.05) is 5.41 Å². The molecule has 5 nitrogen and oxygen atoms in total. The van der Waals surface area contributed by atoms with Crippen molar-refractivity contribution in [1.29, 1.82) is 0 Å². The van der Waals surface area contributed by atoms with Gasteiger partial charge >= 0.3 is 0 Å². The van der Waals surface area contributed by atoms with Crippen LogP contribution in [0.2, 0.25) is 0 Å². The first-order valence-electron chi connectivity index (χ1n) is 7.74. The first kappa shape index (κ1) is 17.5. The number of anilines is 2. The maximum atomic E-state index is 12.3. The predicted molar refractivity (Wildman–Crippen MR) is 98.7 cm³/mol. The summed E-state index contributed by atoms with van der Waals surface area (Å²) >= 11 is 0. The first-order chi connectivity index (χ1) is 11.4. The van der Waals surface area contributed by atoms with E-state index in [4.69, 9.17) is 4.74 Å². The second kappa shape index (κ2) is 7.64. The van der Waals surface area contributed by atoms with Crippen LogP contribution in [0, 0.1) is 5.41 Å². The molecule has 0 heterocycles.